The van der Waals surface area contributed by atoms with Crippen LogP contribution in [0.25, 0.3) is 0 Å². The quantitative estimate of drug-likeness (QED) is 0.218. The van der Waals surface area contributed by atoms with Crippen LogP contribution in [0.15, 0.2) is 97.1 Å². The maximum atomic E-state index is 3.70. The molecule has 0 atom stereocenters. The summed E-state index contributed by atoms with van der Waals surface area (Å²) in [5.41, 5.74) is 5.70. The average molecular weight is 663 g/mol. The van der Waals surface area contributed by atoms with Crippen LogP contribution in [0.3, 0.4) is 0 Å². The Hall–Kier alpha value is -2.24. The van der Waals surface area contributed by atoms with Gasteiger partial charge < -0.3 is 0 Å². The zero-order valence-corrected chi connectivity index (χ0v) is 26.6. The van der Waals surface area contributed by atoms with Crippen molar-refractivity contribution in [2.45, 2.75) is 39.0 Å². The molecule has 1 heterocycles. The van der Waals surface area contributed by atoms with E-state index in [4.69, 9.17) is 0 Å². The minimum absolute atomic E-state index is 0.287. The van der Waals surface area contributed by atoms with Gasteiger partial charge in [0.05, 0.1) is 0 Å². The number of hydrogen-bond acceptors (Lipinski definition) is 4. The fraction of sp³-hybridized carbons (Fsp3) is 0.294. The van der Waals surface area contributed by atoms with Gasteiger partial charge in [-0.1, -0.05) is 0 Å². The molecule has 0 radical (unpaired) electrons. The van der Waals surface area contributed by atoms with Gasteiger partial charge in [-0.05, 0) is 0 Å². The van der Waals surface area contributed by atoms with Gasteiger partial charge in [-0.15, -0.1) is 0 Å². The molecule has 6 heteroatoms. The van der Waals surface area contributed by atoms with E-state index in [0.717, 1.165) is 65.2 Å². The number of hydrogen-bond donors (Lipinski definition) is 4. The first kappa shape index (κ1) is 29.3. The molecule has 1 aliphatic heterocycles. The Labute approximate surface area is 252 Å². The molecule has 0 saturated heterocycles. The Morgan fingerprint density at radius 1 is 0.350 bits per heavy atom. The molecule has 0 fully saturated rings. The summed E-state index contributed by atoms with van der Waals surface area (Å²) in [4.78, 5) is 0. The second-order valence-corrected chi connectivity index (χ2v) is 14.6. The van der Waals surface area contributed by atoms with Crippen molar-refractivity contribution in [1.82, 2.24) is 21.3 Å². The molecular weight excluding hydrogens is 622 g/mol. The van der Waals surface area contributed by atoms with Crippen LogP contribution in [-0.2, 0) is 26.2 Å². The van der Waals surface area contributed by atoms with Crippen molar-refractivity contribution in [3.63, 3.8) is 0 Å². The van der Waals surface area contributed by atoms with E-state index in [1.54, 1.807) is 0 Å². The van der Waals surface area contributed by atoms with E-state index >= 15 is 0 Å². The molecule has 0 amide bonds. The standard InChI is InChI=1S/C34H40N4Se2/c1-5-15-31-27(11-1)23-35-19-9-20-36-25-29-13-3-7-17-33(29)40-34-18-8-4-14-30(34)26-38-22-10-21-37-24-28-12-2-6-16-32(28)39-31/h1-8,11-18,35-38H,9-10,19-26H2. The summed E-state index contributed by atoms with van der Waals surface area (Å²) in [5, 5.41) is 14.8. The molecule has 4 aromatic rings. The summed E-state index contributed by atoms with van der Waals surface area (Å²) < 4.78 is 5.91. The van der Waals surface area contributed by atoms with Crippen molar-refractivity contribution in [2.75, 3.05) is 26.2 Å². The molecule has 0 aliphatic carbocycles. The molecule has 0 unspecified atom stereocenters. The second kappa shape index (κ2) is 16.3. The van der Waals surface area contributed by atoms with E-state index in [9.17, 15) is 0 Å². The summed E-state index contributed by atoms with van der Waals surface area (Å²) in [7, 11) is 0. The number of rotatable bonds is 0. The Balaban J connectivity index is 1.27. The summed E-state index contributed by atoms with van der Waals surface area (Å²) >= 11 is 0.575. The molecule has 40 heavy (non-hydrogen) atoms. The predicted molar refractivity (Wildman–Crippen MR) is 172 cm³/mol. The van der Waals surface area contributed by atoms with E-state index in [1.165, 1.54) is 40.1 Å². The van der Waals surface area contributed by atoms with Crippen molar-refractivity contribution in [3.05, 3.63) is 119 Å². The average Bonchev–Trinajstić information content (AvgIpc) is 2.99. The Bertz CT molecular complexity index is 1140. The van der Waals surface area contributed by atoms with E-state index in [1.807, 2.05) is 0 Å². The molecule has 1 aliphatic rings. The predicted octanol–water partition coefficient (Wildman–Crippen LogP) is 1.85. The molecule has 0 bridgehead atoms. The third-order valence-electron chi connectivity index (χ3n) is 7.01. The molecule has 5 rings (SSSR count). The van der Waals surface area contributed by atoms with Gasteiger partial charge in [-0.25, -0.2) is 0 Å². The normalized spacial score (nSPS) is 16.4. The summed E-state index contributed by atoms with van der Waals surface area (Å²) in [6.07, 6.45) is 2.23. The molecule has 0 saturated carbocycles. The van der Waals surface area contributed by atoms with Crippen LogP contribution in [0.5, 0.6) is 0 Å². The summed E-state index contributed by atoms with van der Waals surface area (Å²) in [5.74, 6) is 0. The van der Waals surface area contributed by atoms with Crippen molar-refractivity contribution in [1.29, 1.82) is 0 Å². The third kappa shape index (κ3) is 8.88. The van der Waals surface area contributed by atoms with Gasteiger partial charge in [-0.2, -0.15) is 0 Å². The van der Waals surface area contributed by atoms with Crippen LogP contribution in [0.2, 0.25) is 0 Å². The van der Waals surface area contributed by atoms with Crippen LogP contribution < -0.4 is 39.1 Å². The van der Waals surface area contributed by atoms with Crippen LogP contribution in [0.1, 0.15) is 35.1 Å². The molecular formula is C34H40N4Se2. The molecule has 4 aromatic carbocycles. The minimum atomic E-state index is 0.287. The Morgan fingerprint density at radius 3 is 0.875 bits per heavy atom. The maximum absolute atomic E-state index is 3.70. The van der Waals surface area contributed by atoms with E-state index in [0.29, 0.717) is 0 Å². The summed E-state index contributed by atoms with van der Waals surface area (Å²) in [6, 6.07) is 35.8. The SMILES string of the molecule is c1ccc2c(c1)CNCCCNCc1ccccc1[Se]c1ccccc1CNCCCNCc1ccccc1[Se]2. The van der Waals surface area contributed by atoms with Gasteiger partial charge in [0.25, 0.3) is 0 Å². The van der Waals surface area contributed by atoms with E-state index in [2.05, 4.69) is 118 Å². The first-order valence-electron chi connectivity index (χ1n) is 14.4. The Kier molecular flexibility index (Phi) is 11.9. The Morgan fingerprint density at radius 2 is 0.600 bits per heavy atom. The number of nitrogens with one attached hydrogen (secondary N) is 4. The van der Waals surface area contributed by atoms with Gasteiger partial charge in [0.15, 0.2) is 0 Å². The zero-order chi connectivity index (χ0) is 27.2. The van der Waals surface area contributed by atoms with Gasteiger partial charge >= 0.3 is 254 Å². The molecule has 208 valence electrons. The van der Waals surface area contributed by atoms with Crippen molar-refractivity contribution >= 4 is 47.8 Å². The van der Waals surface area contributed by atoms with Gasteiger partial charge in [0.2, 0.25) is 0 Å². The van der Waals surface area contributed by atoms with E-state index in [-0.39, 0.29) is 29.9 Å². The number of benzene rings is 4. The third-order valence-corrected chi connectivity index (χ3v) is 12.2. The van der Waals surface area contributed by atoms with Crippen LogP contribution in [-0.4, -0.2) is 56.1 Å². The first-order chi connectivity index (χ1) is 19.9. The monoisotopic (exact) mass is 664 g/mol. The van der Waals surface area contributed by atoms with Crippen LogP contribution in [0.4, 0.5) is 0 Å². The van der Waals surface area contributed by atoms with Gasteiger partial charge in [0, 0.05) is 0 Å². The van der Waals surface area contributed by atoms with Gasteiger partial charge in [-0.3, -0.25) is 0 Å². The molecule has 4 nitrogen and oxygen atoms in total. The van der Waals surface area contributed by atoms with Crippen LogP contribution in [0, 0.1) is 0 Å². The van der Waals surface area contributed by atoms with Crippen LogP contribution >= 0.6 is 0 Å². The first-order valence-corrected chi connectivity index (χ1v) is 17.8. The van der Waals surface area contributed by atoms with Gasteiger partial charge in [0.1, 0.15) is 0 Å². The van der Waals surface area contributed by atoms with E-state index < -0.39 is 0 Å². The summed E-state index contributed by atoms with van der Waals surface area (Å²) in [6.45, 7) is 7.77. The number of fused-ring (bicyclic) bond motifs is 4. The van der Waals surface area contributed by atoms with Crippen molar-refractivity contribution in [3.8, 4) is 0 Å². The fourth-order valence-electron chi connectivity index (χ4n) is 4.80. The second-order valence-electron chi connectivity index (χ2n) is 10.0. The molecule has 0 aromatic heterocycles. The zero-order valence-electron chi connectivity index (χ0n) is 23.1. The molecule has 4 N–H and O–H groups in total. The molecule has 0 spiro atoms. The van der Waals surface area contributed by atoms with Crippen molar-refractivity contribution in [2.24, 2.45) is 0 Å². The topological polar surface area (TPSA) is 48.1 Å². The fourth-order valence-corrected chi connectivity index (χ4v) is 9.31. The van der Waals surface area contributed by atoms with Crippen molar-refractivity contribution < 1.29 is 0 Å².